The summed E-state index contributed by atoms with van der Waals surface area (Å²) in [6, 6.07) is 5.62. The van der Waals surface area contributed by atoms with Crippen molar-refractivity contribution in [2.75, 3.05) is 0 Å². The molecular formula is C10H15NO. The van der Waals surface area contributed by atoms with E-state index in [-0.39, 0.29) is 6.10 Å². The van der Waals surface area contributed by atoms with Gasteiger partial charge < -0.3 is 5.11 Å². The highest BCUT2D eigenvalue weighted by molar-refractivity contribution is 5.06. The Labute approximate surface area is 73.3 Å². The normalized spacial score (nSPS) is 12.8. The van der Waals surface area contributed by atoms with Crippen LogP contribution < -0.4 is 0 Å². The summed E-state index contributed by atoms with van der Waals surface area (Å²) < 4.78 is 0. The van der Waals surface area contributed by atoms with Crippen molar-refractivity contribution in [2.24, 2.45) is 0 Å². The molecule has 0 aliphatic heterocycles. The molecule has 0 bridgehead atoms. The van der Waals surface area contributed by atoms with Crippen LogP contribution in [0.2, 0.25) is 0 Å². The van der Waals surface area contributed by atoms with Crippen molar-refractivity contribution >= 4 is 0 Å². The zero-order valence-electron chi connectivity index (χ0n) is 7.40. The van der Waals surface area contributed by atoms with Crippen LogP contribution in [-0.2, 0) is 0 Å². The van der Waals surface area contributed by atoms with Crippen LogP contribution in [0, 0.1) is 0 Å². The second kappa shape index (κ2) is 4.88. The van der Waals surface area contributed by atoms with Gasteiger partial charge in [0.05, 0.1) is 11.8 Å². The van der Waals surface area contributed by atoms with E-state index in [4.69, 9.17) is 0 Å². The Morgan fingerprint density at radius 3 is 2.92 bits per heavy atom. The van der Waals surface area contributed by atoms with Gasteiger partial charge in [0.1, 0.15) is 0 Å². The van der Waals surface area contributed by atoms with Crippen LogP contribution in [0.15, 0.2) is 24.4 Å². The Bertz CT molecular complexity index is 210. The van der Waals surface area contributed by atoms with Gasteiger partial charge in [-0.1, -0.05) is 25.8 Å². The summed E-state index contributed by atoms with van der Waals surface area (Å²) in [6.45, 7) is 2.12. The third kappa shape index (κ3) is 2.62. The first-order chi connectivity index (χ1) is 5.84. The van der Waals surface area contributed by atoms with Crippen molar-refractivity contribution in [1.29, 1.82) is 0 Å². The zero-order valence-corrected chi connectivity index (χ0v) is 7.40. The molecule has 0 aromatic carbocycles. The SMILES string of the molecule is CCCCC(O)c1ccccn1. The second-order valence-corrected chi connectivity index (χ2v) is 2.91. The van der Waals surface area contributed by atoms with Gasteiger partial charge in [0.2, 0.25) is 0 Å². The fourth-order valence-corrected chi connectivity index (χ4v) is 1.12. The van der Waals surface area contributed by atoms with Crippen LogP contribution in [0.3, 0.4) is 0 Å². The van der Waals surface area contributed by atoms with E-state index in [9.17, 15) is 5.11 Å². The minimum absolute atomic E-state index is 0.383. The van der Waals surface area contributed by atoms with Gasteiger partial charge in [-0.3, -0.25) is 4.98 Å². The molecule has 0 aliphatic rings. The molecule has 0 amide bonds. The Morgan fingerprint density at radius 2 is 2.33 bits per heavy atom. The summed E-state index contributed by atoms with van der Waals surface area (Å²) in [5.74, 6) is 0. The van der Waals surface area contributed by atoms with Crippen LogP contribution >= 0.6 is 0 Å². The van der Waals surface area contributed by atoms with Crippen molar-refractivity contribution in [3.8, 4) is 0 Å². The highest BCUT2D eigenvalue weighted by Gasteiger charge is 2.06. The monoisotopic (exact) mass is 165 g/mol. The molecule has 0 saturated heterocycles. The van der Waals surface area contributed by atoms with Gasteiger partial charge >= 0.3 is 0 Å². The number of hydrogen-bond donors (Lipinski definition) is 1. The molecule has 2 heteroatoms. The average Bonchev–Trinajstić information content (AvgIpc) is 2.15. The second-order valence-electron chi connectivity index (χ2n) is 2.91. The number of aromatic nitrogens is 1. The van der Waals surface area contributed by atoms with Crippen LogP contribution in [0.25, 0.3) is 0 Å². The van der Waals surface area contributed by atoms with Crippen molar-refractivity contribution in [1.82, 2.24) is 4.98 Å². The van der Waals surface area contributed by atoms with Crippen LogP contribution in [-0.4, -0.2) is 10.1 Å². The third-order valence-electron chi connectivity index (χ3n) is 1.86. The van der Waals surface area contributed by atoms with E-state index in [0.29, 0.717) is 0 Å². The largest absolute Gasteiger partial charge is 0.387 e. The predicted molar refractivity (Wildman–Crippen MR) is 48.7 cm³/mol. The van der Waals surface area contributed by atoms with Crippen molar-refractivity contribution in [3.63, 3.8) is 0 Å². The molecule has 1 atom stereocenters. The third-order valence-corrected chi connectivity index (χ3v) is 1.86. The molecule has 66 valence electrons. The molecule has 2 nitrogen and oxygen atoms in total. The Balaban J connectivity index is 2.48. The number of aliphatic hydroxyl groups excluding tert-OH is 1. The van der Waals surface area contributed by atoms with Crippen LogP contribution in [0.5, 0.6) is 0 Å². The average molecular weight is 165 g/mol. The molecule has 1 rings (SSSR count). The van der Waals surface area contributed by atoms with Crippen molar-refractivity contribution in [3.05, 3.63) is 30.1 Å². The van der Waals surface area contributed by atoms with E-state index in [1.165, 1.54) is 0 Å². The number of hydrogen-bond acceptors (Lipinski definition) is 2. The minimum atomic E-state index is -0.383. The first kappa shape index (κ1) is 9.20. The molecule has 1 aromatic heterocycles. The lowest BCUT2D eigenvalue weighted by atomic mass is 10.1. The lowest BCUT2D eigenvalue weighted by Crippen LogP contribution is -1.99. The Hall–Kier alpha value is -0.890. The molecule has 0 aliphatic carbocycles. The fourth-order valence-electron chi connectivity index (χ4n) is 1.12. The van der Waals surface area contributed by atoms with E-state index in [1.54, 1.807) is 6.20 Å². The topological polar surface area (TPSA) is 33.1 Å². The molecule has 12 heavy (non-hydrogen) atoms. The van der Waals surface area contributed by atoms with Crippen molar-refractivity contribution < 1.29 is 5.11 Å². The molecule has 1 heterocycles. The van der Waals surface area contributed by atoms with E-state index >= 15 is 0 Å². The molecule has 0 fully saturated rings. The van der Waals surface area contributed by atoms with E-state index < -0.39 is 0 Å². The molecule has 1 N–H and O–H groups in total. The summed E-state index contributed by atoms with van der Waals surface area (Å²) in [6.07, 6.45) is 4.31. The summed E-state index contributed by atoms with van der Waals surface area (Å²) in [5.41, 5.74) is 0.783. The van der Waals surface area contributed by atoms with Gasteiger partial charge in [-0.25, -0.2) is 0 Å². The molecule has 0 spiro atoms. The Kier molecular flexibility index (Phi) is 3.74. The summed E-state index contributed by atoms with van der Waals surface area (Å²) in [4.78, 5) is 4.08. The van der Waals surface area contributed by atoms with E-state index in [0.717, 1.165) is 25.0 Å². The summed E-state index contributed by atoms with van der Waals surface area (Å²) in [7, 11) is 0. The molecule has 1 unspecified atom stereocenters. The lowest BCUT2D eigenvalue weighted by molar-refractivity contribution is 0.159. The molecule has 1 aromatic rings. The summed E-state index contributed by atoms with van der Waals surface area (Å²) >= 11 is 0. The highest BCUT2D eigenvalue weighted by atomic mass is 16.3. The maximum atomic E-state index is 9.59. The maximum absolute atomic E-state index is 9.59. The number of unbranched alkanes of at least 4 members (excludes halogenated alkanes) is 1. The van der Waals surface area contributed by atoms with Gasteiger partial charge in [0, 0.05) is 6.20 Å². The standard InChI is InChI=1S/C10H15NO/c1-2-3-7-10(12)9-6-4-5-8-11-9/h4-6,8,10,12H,2-3,7H2,1H3. The maximum Gasteiger partial charge on any atom is 0.0959 e. The smallest absolute Gasteiger partial charge is 0.0959 e. The van der Waals surface area contributed by atoms with Crippen LogP contribution in [0.4, 0.5) is 0 Å². The van der Waals surface area contributed by atoms with Gasteiger partial charge in [0.25, 0.3) is 0 Å². The van der Waals surface area contributed by atoms with Gasteiger partial charge in [-0.15, -0.1) is 0 Å². The highest BCUT2D eigenvalue weighted by Crippen LogP contribution is 2.15. The van der Waals surface area contributed by atoms with Gasteiger partial charge in [0.15, 0.2) is 0 Å². The fraction of sp³-hybridized carbons (Fsp3) is 0.500. The first-order valence-corrected chi connectivity index (χ1v) is 4.43. The van der Waals surface area contributed by atoms with E-state index in [1.807, 2.05) is 18.2 Å². The number of rotatable bonds is 4. The van der Waals surface area contributed by atoms with Gasteiger partial charge in [-0.2, -0.15) is 0 Å². The summed E-state index contributed by atoms with van der Waals surface area (Å²) in [5, 5.41) is 9.59. The van der Waals surface area contributed by atoms with Crippen LogP contribution in [0.1, 0.15) is 38.0 Å². The molecular weight excluding hydrogens is 150 g/mol. The zero-order chi connectivity index (χ0) is 8.81. The Morgan fingerprint density at radius 1 is 1.50 bits per heavy atom. The lowest BCUT2D eigenvalue weighted by Gasteiger charge is -2.07. The molecule has 0 saturated carbocycles. The minimum Gasteiger partial charge on any atom is -0.387 e. The van der Waals surface area contributed by atoms with E-state index in [2.05, 4.69) is 11.9 Å². The number of aliphatic hydroxyl groups is 1. The number of nitrogens with zero attached hydrogens (tertiary/aromatic N) is 1. The number of pyridine rings is 1. The predicted octanol–water partition coefficient (Wildman–Crippen LogP) is 2.31. The quantitative estimate of drug-likeness (QED) is 0.742. The molecule has 0 radical (unpaired) electrons. The van der Waals surface area contributed by atoms with Gasteiger partial charge in [-0.05, 0) is 18.6 Å². The first-order valence-electron chi connectivity index (χ1n) is 4.43. The van der Waals surface area contributed by atoms with Crippen molar-refractivity contribution in [2.45, 2.75) is 32.3 Å².